The minimum Gasteiger partial charge on any atom is -0.370 e. The standard InChI is InChI=1S/C27H49N2O3/c1-5-7-8-9-10-11-12-13-14-15-20-29(3,4)21-16-19-28-25(30)23-22-17-18-27(6-2,32-22)24(23)26(28)31/h22-24H,5-21H2,1-4H3/q+1/t22-,23-,24+,27+/m1/s1. The molecule has 32 heavy (non-hydrogen) atoms. The zero-order valence-electron chi connectivity index (χ0n) is 21.4. The number of amides is 2. The van der Waals surface area contributed by atoms with Crippen LogP contribution < -0.4 is 0 Å². The summed E-state index contributed by atoms with van der Waals surface area (Å²) in [5.74, 6) is -0.331. The summed E-state index contributed by atoms with van der Waals surface area (Å²) in [5, 5.41) is 0. The van der Waals surface area contributed by atoms with E-state index in [1.807, 2.05) is 0 Å². The van der Waals surface area contributed by atoms with Crippen molar-refractivity contribution in [1.29, 1.82) is 0 Å². The van der Waals surface area contributed by atoms with Crippen molar-refractivity contribution in [1.82, 2.24) is 4.90 Å². The number of carbonyl (C=O) groups excluding carboxylic acids is 2. The Labute approximate surface area is 196 Å². The molecule has 5 nitrogen and oxygen atoms in total. The molecule has 3 rings (SSSR count). The van der Waals surface area contributed by atoms with E-state index >= 15 is 0 Å². The first-order valence-electron chi connectivity index (χ1n) is 13.7. The second kappa shape index (κ2) is 11.5. The molecule has 2 bridgehead atoms. The molecule has 5 heteroatoms. The summed E-state index contributed by atoms with van der Waals surface area (Å²) >= 11 is 0. The summed E-state index contributed by atoms with van der Waals surface area (Å²) in [6.45, 7) is 7.15. The average Bonchev–Trinajstić information content (AvgIpc) is 3.41. The van der Waals surface area contributed by atoms with Gasteiger partial charge in [0.2, 0.25) is 11.8 Å². The molecule has 0 aromatic carbocycles. The van der Waals surface area contributed by atoms with Gasteiger partial charge in [0, 0.05) is 13.0 Å². The third-order valence-electron chi connectivity index (χ3n) is 8.51. The van der Waals surface area contributed by atoms with E-state index in [9.17, 15) is 9.59 Å². The summed E-state index contributed by atoms with van der Waals surface area (Å²) in [6.07, 6.45) is 17.2. The molecular weight excluding hydrogens is 400 g/mol. The quantitative estimate of drug-likeness (QED) is 0.182. The largest absolute Gasteiger partial charge is 0.370 e. The predicted octanol–water partition coefficient (Wildman–Crippen LogP) is 5.32. The third kappa shape index (κ3) is 5.75. The third-order valence-corrected chi connectivity index (χ3v) is 8.51. The average molecular weight is 450 g/mol. The van der Waals surface area contributed by atoms with E-state index in [0.29, 0.717) is 6.54 Å². The molecule has 0 aromatic heterocycles. The Morgan fingerprint density at radius 1 is 0.875 bits per heavy atom. The van der Waals surface area contributed by atoms with Crippen molar-refractivity contribution in [2.75, 3.05) is 33.7 Å². The van der Waals surface area contributed by atoms with E-state index in [4.69, 9.17) is 4.74 Å². The molecule has 3 saturated heterocycles. The minimum absolute atomic E-state index is 0.0232. The van der Waals surface area contributed by atoms with Gasteiger partial charge >= 0.3 is 0 Å². The van der Waals surface area contributed by atoms with Gasteiger partial charge < -0.3 is 9.22 Å². The lowest BCUT2D eigenvalue weighted by Crippen LogP contribution is -2.44. The zero-order chi connectivity index (χ0) is 23.2. The van der Waals surface area contributed by atoms with Crippen LogP contribution in [0.3, 0.4) is 0 Å². The molecule has 3 fully saturated rings. The van der Waals surface area contributed by atoms with Gasteiger partial charge in [-0.3, -0.25) is 14.5 Å². The van der Waals surface area contributed by atoms with E-state index in [1.54, 1.807) is 4.90 Å². The highest BCUT2D eigenvalue weighted by Crippen LogP contribution is 2.56. The van der Waals surface area contributed by atoms with Crippen molar-refractivity contribution in [3.63, 3.8) is 0 Å². The Hall–Kier alpha value is -0.940. The summed E-state index contributed by atoms with van der Waals surface area (Å²) in [4.78, 5) is 27.7. The predicted molar refractivity (Wildman–Crippen MR) is 129 cm³/mol. The number of nitrogens with zero attached hydrogens (tertiary/aromatic N) is 2. The molecule has 0 radical (unpaired) electrons. The lowest BCUT2D eigenvalue weighted by atomic mass is 9.72. The summed E-state index contributed by atoms with van der Waals surface area (Å²) < 4.78 is 7.13. The van der Waals surface area contributed by atoms with Gasteiger partial charge in [0.25, 0.3) is 0 Å². The van der Waals surface area contributed by atoms with E-state index < -0.39 is 0 Å². The van der Waals surface area contributed by atoms with Crippen molar-refractivity contribution < 1.29 is 18.8 Å². The maximum absolute atomic E-state index is 13.1. The Morgan fingerprint density at radius 2 is 1.47 bits per heavy atom. The SMILES string of the molecule is CCCCCCCCCCCC[N+](C)(C)CCCN1C(=O)[C@H]2[C@@H](C1=O)[C@]1(CC)CC[C@H]2O1. The number of ether oxygens (including phenoxy) is 1. The van der Waals surface area contributed by atoms with Crippen LogP contribution in [0.2, 0.25) is 0 Å². The number of likely N-dealkylation sites (tertiary alicyclic amines) is 1. The first-order valence-corrected chi connectivity index (χ1v) is 13.7. The number of imide groups is 1. The zero-order valence-corrected chi connectivity index (χ0v) is 21.4. The number of hydrogen-bond donors (Lipinski definition) is 0. The number of carbonyl (C=O) groups is 2. The van der Waals surface area contributed by atoms with Gasteiger partial charge in [0.15, 0.2) is 0 Å². The Bertz CT molecular complexity index is 634. The smallest absolute Gasteiger partial charge is 0.236 e. The Balaban J connectivity index is 1.30. The van der Waals surface area contributed by atoms with Gasteiger partial charge in [0.1, 0.15) is 0 Å². The molecule has 0 spiro atoms. The lowest BCUT2D eigenvalue weighted by molar-refractivity contribution is -0.890. The maximum atomic E-state index is 13.1. The molecule has 3 aliphatic rings. The first-order chi connectivity index (χ1) is 15.4. The first kappa shape index (κ1) is 25.7. The highest BCUT2D eigenvalue weighted by Gasteiger charge is 2.68. The van der Waals surface area contributed by atoms with Crippen LogP contribution in [-0.2, 0) is 14.3 Å². The van der Waals surface area contributed by atoms with Crippen LogP contribution in [0.15, 0.2) is 0 Å². The van der Waals surface area contributed by atoms with E-state index in [1.165, 1.54) is 70.8 Å². The molecule has 0 aromatic rings. The molecule has 4 atom stereocenters. The van der Waals surface area contributed by atoms with Gasteiger partial charge in [-0.15, -0.1) is 0 Å². The minimum atomic E-state index is -0.359. The molecule has 0 aliphatic carbocycles. The highest BCUT2D eigenvalue weighted by molar-refractivity contribution is 6.06. The fourth-order valence-electron chi connectivity index (χ4n) is 6.46. The monoisotopic (exact) mass is 449 g/mol. The van der Waals surface area contributed by atoms with E-state index in [2.05, 4.69) is 27.9 Å². The molecule has 3 heterocycles. The van der Waals surface area contributed by atoms with Crippen LogP contribution in [0, 0.1) is 11.8 Å². The van der Waals surface area contributed by atoms with E-state index in [-0.39, 0.29) is 35.4 Å². The molecule has 0 saturated carbocycles. The lowest BCUT2D eigenvalue weighted by Gasteiger charge is -2.31. The van der Waals surface area contributed by atoms with Crippen LogP contribution in [0.4, 0.5) is 0 Å². The molecule has 184 valence electrons. The van der Waals surface area contributed by atoms with Crippen molar-refractivity contribution >= 4 is 11.8 Å². The van der Waals surface area contributed by atoms with Crippen molar-refractivity contribution in [2.45, 2.75) is 115 Å². The summed E-state index contributed by atoms with van der Waals surface area (Å²) in [6, 6.07) is 0. The number of fused-ring (bicyclic) bond motifs is 5. The normalized spacial score (nSPS) is 29.4. The molecule has 0 N–H and O–H groups in total. The van der Waals surface area contributed by atoms with Crippen LogP contribution >= 0.6 is 0 Å². The summed E-state index contributed by atoms with van der Waals surface area (Å²) in [7, 11) is 4.58. The maximum Gasteiger partial charge on any atom is 0.236 e. The van der Waals surface area contributed by atoms with Crippen molar-refractivity contribution in [3.05, 3.63) is 0 Å². The summed E-state index contributed by atoms with van der Waals surface area (Å²) in [5.41, 5.74) is -0.359. The van der Waals surface area contributed by atoms with Gasteiger partial charge in [-0.25, -0.2) is 0 Å². The Kier molecular flexibility index (Phi) is 9.20. The highest BCUT2D eigenvalue weighted by atomic mass is 16.5. The fourth-order valence-corrected chi connectivity index (χ4v) is 6.46. The number of quaternary nitrogens is 1. The van der Waals surface area contributed by atoms with Crippen molar-refractivity contribution in [2.24, 2.45) is 11.8 Å². The Morgan fingerprint density at radius 3 is 2.09 bits per heavy atom. The fraction of sp³-hybridized carbons (Fsp3) is 0.926. The van der Waals surface area contributed by atoms with Crippen molar-refractivity contribution in [3.8, 4) is 0 Å². The van der Waals surface area contributed by atoms with Crippen LogP contribution in [0.5, 0.6) is 0 Å². The van der Waals surface area contributed by atoms with Gasteiger partial charge in [0.05, 0.1) is 50.7 Å². The van der Waals surface area contributed by atoms with Crippen LogP contribution in [0.25, 0.3) is 0 Å². The number of rotatable bonds is 16. The molecular formula is C27H49N2O3+. The van der Waals surface area contributed by atoms with Gasteiger partial charge in [-0.05, 0) is 32.1 Å². The second-order valence-corrected chi connectivity index (χ2v) is 11.4. The van der Waals surface area contributed by atoms with Crippen LogP contribution in [0.1, 0.15) is 104 Å². The van der Waals surface area contributed by atoms with Gasteiger partial charge in [-0.2, -0.15) is 0 Å². The van der Waals surface area contributed by atoms with E-state index in [0.717, 1.165) is 36.7 Å². The van der Waals surface area contributed by atoms with Crippen LogP contribution in [-0.4, -0.2) is 66.6 Å². The van der Waals surface area contributed by atoms with Gasteiger partial charge in [-0.1, -0.05) is 65.2 Å². The second-order valence-electron chi connectivity index (χ2n) is 11.4. The number of unbranched alkanes of at least 4 members (excludes halogenated alkanes) is 9. The number of hydrogen-bond acceptors (Lipinski definition) is 3. The molecule has 0 unspecified atom stereocenters. The topological polar surface area (TPSA) is 46.6 Å². The molecule has 2 amide bonds. The molecule has 3 aliphatic heterocycles.